The van der Waals surface area contributed by atoms with E-state index in [0.29, 0.717) is 11.5 Å². The van der Waals surface area contributed by atoms with Crippen LogP contribution in [0.3, 0.4) is 0 Å². The number of anilines is 1. The maximum atomic E-state index is 12.9. The van der Waals surface area contributed by atoms with Gasteiger partial charge in [0.05, 0.1) is 18.1 Å². The molecular weight excluding hydrogens is 380 g/mol. The van der Waals surface area contributed by atoms with Crippen molar-refractivity contribution >= 4 is 33.9 Å². The van der Waals surface area contributed by atoms with E-state index in [9.17, 15) is 4.79 Å². The first-order chi connectivity index (χ1) is 14.7. The number of hydrogen-bond donors (Lipinski definition) is 1. The molecule has 2 aromatic carbocycles. The molecule has 3 heterocycles. The van der Waals surface area contributed by atoms with Crippen LogP contribution < -0.4 is 10.1 Å². The highest BCUT2D eigenvalue weighted by Gasteiger charge is 2.19. The Morgan fingerprint density at radius 3 is 2.80 bits per heavy atom. The maximum Gasteiger partial charge on any atom is 0.293 e. The third-order valence-corrected chi connectivity index (χ3v) is 5.67. The topological polar surface area (TPSA) is 72.5 Å². The maximum absolute atomic E-state index is 12.9. The number of nitrogens with zero attached hydrogens (tertiary/aromatic N) is 3. The molecule has 0 bridgehead atoms. The summed E-state index contributed by atoms with van der Waals surface area (Å²) in [4.78, 5) is 20.0. The van der Waals surface area contributed by atoms with E-state index in [-0.39, 0.29) is 11.7 Å². The molecule has 7 nitrogen and oxygen atoms in total. The van der Waals surface area contributed by atoms with Crippen LogP contribution in [0.15, 0.2) is 52.9 Å². The number of para-hydroxylation sites is 2. The summed E-state index contributed by atoms with van der Waals surface area (Å²) in [6.45, 7) is 3.98. The van der Waals surface area contributed by atoms with E-state index in [2.05, 4.69) is 19.8 Å². The van der Waals surface area contributed by atoms with Gasteiger partial charge in [0.2, 0.25) is 5.95 Å². The first-order valence-corrected chi connectivity index (χ1v) is 10.3. The van der Waals surface area contributed by atoms with Gasteiger partial charge in [0.15, 0.2) is 5.76 Å². The summed E-state index contributed by atoms with van der Waals surface area (Å²) in [5.74, 6) is 1.19. The molecule has 154 valence electrons. The van der Waals surface area contributed by atoms with Gasteiger partial charge >= 0.3 is 0 Å². The van der Waals surface area contributed by atoms with Crippen LogP contribution in [0.25, 0.3) is 22.0 Å². The molecule has 1 aliphatic rings. The average molecular weight is 404 g/mol. The summed E-state index contributed by atoms with van der Waals surface area (Å²) in [6, 6.07) is 15.1. The van der Waals surface area contributed by atoms with Gasteiger partial charge in [-0.2, -0.15) is 0 Å². The predicted molar refractivity (Wildman–Crippen MR) is 116 cm³/mol. The highest BCUT2D eigenvalue weighted by molar-refractivity contribution is 6.04. The van der Waals surface area contributed by atoms with E-state index in [1.165, 1.54) is 12.8 Å². The number of amides is 1. The molecule has 1 saturated heterocycles. The number of likely N-dealkylation sites (tertiary alicyclic amines) is 1. The van der Waals surface area contributed by atoms with Gasteiger partial charge < -0.3 is 18.6 Å². The Balaban J connectivity index is 1.42. The number of carbonyl (C=O) groups excluding carboxylic acids is 1. The van der Waals surface area contributed by atoms with Crippen molar-refractivity contribution in [1.29, 1.82) is 0 Å². The molecule has 1 fully saturated rings. The Morgan fingerprint density at radius 1 is 1.13 bits per heavy atom. The monoisotopic (exact) mass is 404 g/mol. The smallest absolute Gasteiger partial charge is 0.293 e. The summed E-state index contributed by atoms with van der Waals surface area (Å²) >= 11 is 0. The van der Waals surface area contributed by atoms with Gasteiger partial charge in [0, 0.05) is 18.5 Å². The summed E-state index contributed by atoms with van der Waals surface area (Å²) in [5.41, 5.74) is 2.52. The average Bonchev–Trinajstić information content (AvgIpc) is 3.50. The fraction of sp³-hybridized carbons (Fsp3) is 0.304. The Kier molecular flexibility index (Phi) is 4.88. The highest BCUT2D eigenvalue weighted by Crippen LogP contribution is 2.26. The SMILES string of the molecule is COc1ccc2oc(C(=O)Nc3nc4ccccc4n3CCN3CCCC3)cc2c1. The fourth-order valence-electron chi connectivity index (χ4n) is 4.07. The number of hydrogen-bond acceptors (Lipinski definition) is 5. The summed E-state index contributed by atoms with van der Waals surface area (Å²) in [5, 5.41) is 3.77. The largest absolute Gasteiger partial charge is 0.497 e. The van der Waals surface area contributed by atoms with Gasteiger partial charge in [0.1, 0.15) is 11.3 Å². The number of ether oxygens (including phenoxy) is 1. The number of carbonyl (C=O) groups is 1. The van der Waals surface area contributed by atoms with Gasteiger partial charge in [-0.25, -0.2) is 4.98 Å². The van der Waals surface area contributed by atoms with Crippen molar-refractivity contribution in [2.24, 2.45) is 0 Å². The van der Waals surface area contributed by atoms with Crippen LogP contribution in [0.5, 0.6) is 5.75 Å². The number of rotatable bonds is 6. The molecular formula is C23H24N4O3. The quantitative estimate of drug-likeness (QED) is 0.523. The van der Waals surface area contributed by atoms with Gasteiger partial charge in [-0.15, -0.1) is 0 Å². The molecule has 5 rings (SSSR count). The second-order valence-corrected chi connectivity index (χ2v) is 7.59. The molecule has 2 aromatic heterocycles. The Labute approximate surface area is 174 Å². The van der Waals surface area contributed by atoms with Crippen LogP contribution in [0.4, 0.5) is 5.95 Å². The summed E-state index contributed by atoms with van der Waals surface area (Å²) in [7, 11) is 1.61. The summed E-state index contributed by atoms with van der Waals surface area (Å²) in [6.07, 6.45) is 2.51. The molecule has 7 heteroatoms. The third kappa shape index (κ3) is 3.52. The van der Waals surface area contributed by atoms with Crippen molar-refractivity contribution in [2.75, 3.05) is 32.1 Å². The van der Waals surface area contributed by atoms with Gasteiger partial charge in [-0.05, 0) is 62.3 Å². The van der Waals surface area contributed by atoms with E-state index in [4.69, 9.17) is 9.15 Å². The van der Waals surface area contributed by atoms with Crippen LogP contribution in [-0.4, -0.2) is 47.1 Å². The van der Waals surface area contributed by atoms with Crippen molar-refractivity contribution in [3.05, 3.63) is 54.3 Å². The summed E-state index contributed by atoms with van der Waals surface area (Å²) < 4.78 is 13.1. The second-order valence-electron chi connectivity index (χ2n) is 7.59. The lowest BCUT2D eigenvalue weighted by Gasteiger charge is -2.16. The minimum absolute atomic E-state index is 0.247. The van der Waals surface area contributed by atoms with E-state index in [0.717, 1.165) is 48.3 Å². The lowest BCUT2D eigenvalue weighted by molar-refractivity contribution is 0.0997. The number of methoxy groups -OCH3 is 1. The van der Waals surface area contributed by atoms with Crippen molar-refractivity contribution in [2.45, 2.75) is 19.4 Å². The number of imidazole rings is 1. The molecule has 0 aliphatic carbocycles. The van der Waals surface area contributed by atoms with Crippen LogP contribution in [0.1, 0.15) is 23.4 Å². The lowest BCUT2D eigenvalue weighted by atomic mass is 10.2. The Bertz CT molecular complexity index is 1200. The van der Waals surface area contributed by atoms with E-state index >= 15 is 0 Å². The van der Waals surface area contributed by atoms with Crippen LogP contribution in [0, 0.1) is 0 Å². The van der Waals surface area contributed by atoms with Gasteiger partial charge in [0.25, 0.3) is 5.91 Å². The van der Waals surface area contributed by atoms with Crippen LogP contribution >= 0.6 is 0 Å². The molecule has 0 radical (unpaired) electrons. The zero-order chi connectivity index (χ0) is 20.5. The Morgan fingerprint density at radius 2 is 1.97 bits per heavy atom. The minimum Gasteiger partial charge on any atom is -0.497 e. The van der Waals surface area contributed by atoms with Crippen molar-refractivity contribution in [3.63, 3.8) is 0 Å². The molecule has 1 N–H and O–H groups in total. The minimum atomic E-state index is -0.317. The lowest BCUT2D eigenvalue weighted by Crippen LogP contribution is -2.25. The van der Waals surface area contributed by atoms with Crippen molar-refractivity contribution in [3.8, 4) is 5.75 Å². The predicted octanol–water partition coefficient (Wildman–Crippen LogP) is 4.14. The zero-order valence-electron chi connectivity index (χ0n) is 16.9. The molecule has 4 aromatic rings. The normalized spacial score (nSPS) is 14.6. The fourth-order valence-corrected chi connectivity index (χ4v) is 4.07. The number of aromatic nitrogens is 2. The van der Waals surface area contributed by atoms with E-state index < -0.39 is 0 Å². The number of benzene rings is 2. The number of furan rings is 1. The highest BCUT2D eigenvalue weighted by atomic mass is 16.5. The van der Waals surface area contributed by atoms with Crippen LogP contribution in [0.2, 0.25) is 0 Å². The van der Waals surface area contributed by atoms with Gasteiger partial charge in [-0.1, -0.05) is 12.1 Å². The zero-order valence-corrected chi connectivity index (χ0v) is 16.9. The second kappa shape index (κ2) is 7.84. The first-order valence-electron chi connectivity index (χ1n) is 10.3. The van der Waals surface area contributed by atoms with Crippen molar-refractivity contribution < 1.29 is 13.9 Å². The molecule has 1 aliphatic heterocycles. The van der Waals surface area contributed by atoms with Gasteiger partial charge in [-0.3, -0.25) is 10.1 Å². The molecule has 0 saturated carbocycles. The molecule has 30 heavy (non-hydrogen) atoms. The third-order valence-electron chi connectivity index (χ3n) is 5.67. The first kappa shape index (κ1) is 18.7. The standard InChI is InChI=1S/C23H24N4O3/c1-29-17-8-9-20-16(14-17)15-21(30-20)22(28)25-23-24-18-6-2-3-7-19(18)27(23)13-12-26-10-4-5-11-26/h2-3,6-9,14-15H,4-5,10-13H2,1H3,(H,24,25,28). The molecule has 1 amide bonds. The number of nitrogens with one attached hydrogen (secondary N) is 1. The van der Waals surface area contributed by atoms with E-state index in [1.54, 1.807) is 19.2 Å². The van der Waals surface area contributed by atoms with Crippen LogP contribution in [-0.2, 0) is 6.54 Å². The molecule has 0 atom stereocenters. The molecule has 0 unspecified atom stereocenters. The van der Waals surface area contributed by atoms with E-state index in [1.807, 2.05) is 36.4 Å². The number of fused-ring (bicyclic) bond motifs is 2. The Hall–Kier alpha value is -3.32. The van der Waals surface area contributed by atoms with Crippen molar-refractivity contribution in [1.82, 2.24) is 14.5 Å². The molecule has 0 spiro atoms.